The molecule has 0 unspecified atom stereocenters. The number of nitrogens with one attached hydrogen (secondary N) is 1. The molecule has 1 N–H and O–H groups in total. The van der Waals surface area contributed by atoms with Gasteiger partial charge in [0.2, 0.25) is 0 Å². The fourth-order valence-electron chi connectivity index (χ4n) is 0.962. The van der Waals surface area contributed by atoms with E-state index in [1.807, 2.05) is 0 Å². The van der Waals surface area contributed by atoms with Crippen LogP contribution in [0.25, 0.3) is 0 Å². The molecule has 0 spiro atoms. The van der Waals surface area contributed by atoms with Gasteiger partial charge in [-0.05, 0) is 6.07 Å². The van der Waals surface area contributed by atoms with Crippen LogP contribution in [0.2, 0.25) is 0 Å². The van der Waals surface area contributed by atoms with Gasteiger partial charge in [-0.2, -0.15) is 0 Å². The van der Waals surface area contributed by atoms with E-state index in [2.05, 4.69) is 5.32 Å². The quantitative estimate of drug-likeness (QED) is 0.442. The summed E-state index contributed by atoms with van der Waals surface area (Å²) in [5, 5.41) is 12.6. The normalized spacial score (nSPS) is 9.21. The molecule has 6 nitrogen and oxygen atoms in total. The van der Waals surface area contributed by atoms with Gasteiger partial charge in [-0.1, -0.05) is 0 Å². The Morgan fingerprint density at radius 1 is 1.57 bits per heavy atom. The Bertz CT molecular complexity index is 364. The zero-order chi connectivity index (χ0) is 10.6. The number of methoxy groups -OCH3 is 1. The predicted octanol–water partition coefficient (Wildman–Crippen LogP) is 1.08. The van der Waals surface area contributed by atoms with Crippen molar-refractivity contribution in [3.05, 3.63) is 28.3 Å². The van der Waals surface area contributed by atoms with E-state index in [9.17, 15) is 14.9 Å². The predicted molar refractivity (Wildman–Crippen MR) is 49.0 cm³/mol. The fourth-order valence-corrected chi connectivity index (χ4v) is 0.962. The van der Waals surface area contributed by atoms with Crippen molar-refractivity contribution in [3.63, 3.8) is 0 Å². The van der Waals surface area contributed by atoms with Crippen LogP contribution in [0.5, 0.6) is 5.75 Å². The first kappa shape index (κ1) is 9.97. The Balaban J connectivity index is 3.13. The molecule has 0 aromatic heterocycles. The SMILES string of the molecule is COc1ccc([N+](=O)[O-])cc1N[C]=O. The first-order valence-electron chi connectivity index (χ1n) is 3.64. The van der Waals surface area contributed by atoms with Crippen molar-refractivity contribution in [2.45, 2.75) is 0 Å². The molecule has 0 fully saturated rings. The minimum absolute atomic E-state index is 0.122. The number of carbonyl (C=O) groups excluding carboxylic acids is 1. The van der Waals surface area contributed by atoms with E-state index in [0.29, 0.717) is 5.75 Å². The van der Waals surface area contributed by atoms with Crippen LogP contribution in [-0.4, -0.2) is 18.4 Å². The van der Waals surface area contributed by atoms with E-state index in [0.717, 1.165) is 0 Å². The summed E-state index contributed by atoms with van der Waals surface area (Å²) in [5.74, 6) is 0.346. The molecule has 1 aromatic carbocycles. The van der Waals surface area contributed by atoms with Crippen molar-refractivity contribution in [1.29, 1.82) is 0 Å². The Morgan fingerprint density at radius 2 is 2.29 bits per heavy atom. The van der Waals surface area contributed by atoms with E-state index >= 15 is 0 Å². The number of nitrogens with zero attached hydrogens (tertiary/aromatic N) is 1. The number of anilines is 1. The molecule has 1 rings (SSSR count). The minimum Gasteiger partial charge on any atom is -0.495 e. The number of rotatable bonds is 4. The molecule has 0 aliphatic carbocycles. The number of nitro benzene ring substituents is 1. The molecule has 0 saturated heterocycles. The standard InChI is InChI=1S/C8H7N2O4/c1-14-8-3-2-6(10(12)13)4-7(8)9-5-11/h2-4H,1H3,(H,9,11). The number of amides is 1. The van der Waals surface area contributed by atoms with Crippen LogP contribution in [0.4, 0.5) is 11.4 Å². The maximum atomic E-state index is 10.4. The average Bonchev–Trinajstić information content (AvgIpc) is 2.18. The first-order chi connectivity index (χ1) is 6.69. The third-order valence-corrected chi connectivity index (χ3v) is 1.58. The molecule has 0 saturated carbocycles. The minimum atomic E-state index is -0.560. The molecule has 1 amide bonds. The Labute approximate surface area is 79.6 Å². The van der Waals surface area contributed by atoms with E-state index in [1.165, 1.54) is 31.7 Å². The smallest absolute Gasteiger partial charge is 0.314 e. The van der Waals surface area contributed by atoms with Gasteiger partial charge >= 0.3 is 6.41 Å². The summed E-state index contributed by atoms with van der Waals surface area (Å²) in [6.45, 7) is 0. The number of non-ortho nitro benzene ring substituents is 1. The number of benzene rings is 1. The van der Waals surface area contributed by atoms with Crippen molar-refractivity contribution in [2.75, 3.05) is 12.4 Å². The molecular weight excluding hydrogens is 188 g/mol. The van der Waals surface area contributed by atoms with Crippen molar-refractivity contribution < 1.29 is 14.5 Å². The monoisotopic (exact) mass is 195 g/mol. The average molecular weight is 195 g/mol. The third-order valence-electron chi connectivity index (χ3n) is 1.58. The first-order valence-corrected chi connectivity index (χ1v) is 3.64. The topological polar surface area (TPSA) is 81.5 Å². The summed E-state index contributed by atoms with van der Waals surface area (Å²) in [5.41, 5.74) is 0.0975. The summed E-state index contributed by atoms with van der Waals surface area (Å²) < 4.78 is 4.87. The molecule has 1 aromatic rings. The van der Waals surface area contributed by atoms with Crippen LogP contribution >= 0.6 is 0 Å². The van der Waals surface area contributed by atoms with Crippen molar-refractivity contribution in [1.82, 2.24) is 0 Å². The molecule has 0 bridgehead atoms. The van der Waals surface area contributed by atoms with Gasteiger partial charge in [-0.15, -0.1) is 0 Å². The molecule has 73 valence electrons. The van der Waals surface area contributed by atoms with E-state index in [-0.39, 0.29) is 11.4 Å². The van der Waals surface area contributed by atoms with Gasteiger partial charge in [0.15, 0.2) is 0 Å². The molecule has 0 heterocycles. The highest BCUT2D eigenvalue weighted by Gasteiger charge is 2.10. The lowest BCUT2D eigenvalue weighted by molar-refractivity contribution is -0.384. The summed E-state index contributed by atoms with van der Waals surface area (Å²) in [6, 6.07) is 3.89. The lowest BCUT2D eigenvalue weighted by Crippen LogP contribution is -1.98. The second-order valence-electron chi connectivity index (χ2n) is 2.37. The van der Waals surface area contributed by atoms with Crippen molar-refractivity contribution in [2.24, 2.45) is 0 Å². The molecular formula is C8H7N2O4. The van der Waals surface area contributed by atoms with E-state index in [4.69, 9.17) is 4.74 Å². The molecule has 1 radical (unpaired) electrons. The van der Waals surface area contributed by atoms with Crippen LogP contribution in [0.3, 0.4) is 0 Å². The Hall–Kier alpha value is -2.11. The maximum absolute atomic E-state index is 10.4. The second kappa shape index (κ2) is 4.22. The van der Waals surface area contributed by atoms with Crippen LogP contribution < -0.4 is 10.1 Å². The van der Waals surface area contributed by atoms with Crippen LogP contribution in [-0.2, 0) is 4.79 Å². The van der Waals surface area contributed by atoms with Gasteiger partial charge in [0.05, 0.1) is 17.7 Å². The largest absolute Gasteiger partial charge is 0.495 e. The number of hydrogen-bond donors (Lipinski definition) is 1. The highest BCUT2D eigenvalue weighted by molar-refractivity contribution is 5.77. The molecule has 0 aliphatic rings. The summed E-state index contributed by atoms with van der Waals surface area (Å²) >= 11 is 0. The van der Waals surface area contributed by atoms with Gasteiger partial charge in [0, 0.05) is 12.1 Å². The molecule has 0 aliphatic heterocycles. The second-order valence-corrected chi connectivity index (χ2v) is 2.37. The zero-order valence-corrected chi connectivity index (χ0v) is 7.31. The van der Waals surface area contributed by atoms with Crippen LogP contribution in [0.15, 0.2) is 18.2 Å². The van der Waals surface area contributed by atoms with Gasteiger partial charge < -0.3 is 10.1 Å². The van der Waals surface area contributed by atoms with E-state index < -0.39 is 4.92 Å². The third kappa shape index (κ3) is 1.98. The molecule has 14 heavy (non-hydrogen) atoms. The lowest BCUT2D eigenvalue weighted by atomic mass is 10.2. The highest BCUT2D eigenvalue weighted by atomic mass is 16.6. The summed E-state index contributed by atoms with van der Waals surface area (Å²) in [7, 11) is 1.40. The number of ether oxygens (including phenoxy) is 1. The molecule has 0 atom stereocenters. The van der Waals surface area contributed by atoms with Crippen molar-refractivity contribution >= 4 is 17.8 Å². The Kier molecular flexibility index (Phi) is 3.01. The van der Waals surface area contributed by atoms with Crippen molar-refractivity contribution in [3.8, 4) is 5.75 Å². The van der Waals surface area contributed by atoms with Gasteiger partial charge in [-0.25, -0.2) is 0 Å². The maximum Gasteiger partial charge on any atom is 0.314 e. The number of hydrogen-bond acceptors (Lipinski definition) is 4. The molecule has 6 heteroatoms. The highest BCUT2D eigenvalue weighted by Crippen LogP contribution is 2.28. The van der Waals surface area contributed by atoms with Gasteiger partial charge in [-0.3, -0.25) is 14.9 Å². The van der Waals surface area contributed by atoms with Gasteiger partial charge in [0.1, 0.15) is 5.75 Å². The van der Waals surface area contributed by atoms with E-state index in [1.54, 1.807) is 0 Å². The van der Waals surface area contributed by atoms with Crippen LogP contribution in [0.1, 0.15) is 0 Å². The Morgan fingerprint density at radius 3 is 2.79 bits per heavy atom. The number of nitro groups is 1. The van der Waals surface area contributed by atoms with Gasteiger partial charge in [0.25, 0.3) is 5.69 Å². The fraction of sp³-hybridized carbons (Fsp3) is 0.125. The summed E-state index contributed by atoms with van der Waals surface area (Å²) in [4.78, 5) is 19.9. The zero-order valence-electron chi connectivity index (χ0n) is 7.31. The lowest BCUT2D eigenvalue weighted by Gasteiger charge is -2.05. The van der Waals surface area contributed by atoms with Crippen LogP contribution in [0, 0.1) is 10.1 Å². The summed E-state index contributed by atoms with van der Waals surface area (Å²) in [6.07, 6.45) is 1.42.